The van der Waals surface area contributed by atoms with Crippen LogP contribution in [0, 0.1) is 5.92 Å². The monoisotopic (exact) mass is 456 g/mol. The number of hydrogen-bond acceptors (Lipinski definition) is 7. The fourth-order valence-corrected chi connectivity index (χ4v) is 2.96. The normalized spacial score (nSPS) is 18.7. The van der Waals surface area contributed by atoms with E-state index in [1.165, 1.54) is 0 Å². The minimum Gasteiger partial charge on any atom is -0.461 e. The summed E-state index contributed by atoms with van der Waals surface area (Å²) < 4.78 is 110. The number of esters is 2. The number of rotatable bonds is 9. The van der Waals surface area contributed by atoms with E-state index in [1.807, 2.05) is 0 Å². The predicted octanol–water partition coefficient (Wildman–Crippen LogP) is 2.82. The number of carbonyl (C=O) groups is 2. The Balaban J connectivity index is 3.14. The minimum absolute atomic E-state index is 0.205. The van der Waals surface area contributed by atoms with Crippen LogP contribution in [0.3, 0.4) is 0 Å². The van der Waals surface area contributed by atoms with Crippen molar-refractivity contribution in [3.63, 3.8) is 0 Å². The van der Waals surface area contributed by atoms with Crippen LogP contribution in [0.2, 0.25) is 0 Å². The van der Waals surface area contributed by atoms with E-state index in [4.69, 9.17) is 4.55 Å². The molecule has 1 fully saturated rings. The summed E-state index contributed by atoms with van der Waals surface area (Å²) in [6, 6.07) is 0. The third kappa shape index (κ3) is 6.22. The second kappa shape index (κ2) is 9.51. The maximum Gasteiger partial charge on any atom is 0.468 e. The summed E-state index contributed by atoms with van der Waals surface area (Å²) in [5.74, 6) is -8.93. The molecule has 1 aliphatic carbocycles. The SMILES string of the molecule is CCOC(=O)C(OCCC(F)(F)S(=O)(=O)O)(OC(=O)C1CCCCC1)C(F)(F)F. The highest BCUT2D eigenvalue weighted by Gasteiger charge is 2.68. The van der Waals surface area contributed by atoms with Crippen LogP contribution < -0.4 is 0 Å². The standard InChI is InChI=1S/C15H21F5O8S/c1-2-26-12(22)14(15(18,19)20,27-9-8-13(16,17)29(23,24)25)28-11(21)10-6-4-3-5-7-10/h10H,2-9H2,1H3,(H,23,24,25). The zero-order valence-corrected chi connectivity index (χ0v) is 16.2. The molecule has 8 nitrogen and oxygen atoms in total. The van der Waals surface area contributed by atoms with Crippen molar-refractivity contribution >= 4 is 22.1 Å². The second-order valence-corrected chi connectivity index (χ2v) is 7.85. The first-order chi connectivity index (χ1) is 13.2. The molecule has 0 amide bonds. The van der Waals surface area contributed by atoms with E-state index in [2.05, 4.69) is 14.2 Å². The molecule has 1 aliphatic rings. The first kappa shape index (κ1) is 25.5. The van der Waals surface area contributed by atoms with Gasteiger partial charge in [0.05, 0.1) is 25.6 Å². The molecule has 0 saturated heterocycles. The van der Waals surface area contributed by atoms with Crippen LogP contribution in [0.5, 0.6) is 0 Å². The lowest BCUT2D eigenvalue weighted by Crippen LogP contribution is -2.59. The molecular formula is C15H21F5O8S. The van der Waals surface area contributed by atoms with Gasteiger partial charge in [-0.3, -0.25) is 9.35 Å². The smallest absolute Gasteiger partial charge is 0.461 e. The Labute approximate surface area is 163 Å². The largest absolute Gasteiger partial charge is 0.468 e. The molecule has 29 heavy (non-hydrogen) atoms. The summed E-state index contributed by atoms with van der Waals surface area (Å²) in [5.41, 5.74) is 0. The Morgan fingerprint density at radius 3 is 2.07 bits per heavy atom. The lowest BCUT2D eigenvalue weighted by Gasteiger charge is -2.34. The molecular weight excluding hydrogens is 435 g/mol. The van der Waals surface area contributed by atoms with Gasteiger partial charge in [0.25, 0.3) is 0 Å². The molecule has 1 rings (SSSR count). The minimum atomic E-state index is -5.94. The Kier molecular flexibility index (Phi) is 8.36. The van der Waals surface area contributed by atoms with Gasteiger partial charge in [-0.2, -0.15) is 30.4 Å². The molecule has 0 heterocycles. The van der Waals surface area contributed by atoms with Crippen LogP contribution in [0.15, 0.2) is 0 Å². The molecule has 1 unspecified atom stereocenters. The van der Waals surface area contributed by atoms with Crippen molar-refractivity contribution in [3.05, 3.63) is 0 Å². The molecule has 0 aromatic heterocycles. The topological polar surface area (TPSA) is 116 Å². The highest BCUT2D eigenvalue weighted by Crippen LogP contribution is 2.39. The average Bonchev–Trinajstić information content (AvgIpc) is 2.59. The van der Waals surface area contributed by atoms with Crippen molar-refractivity contribution in [1.29, 1.82) is 0 Å². The average molecular weight is 456 g/mol. The van der Waals surface area contributed by atoms with Crippen LogP contribution in [0.25, 0.3) is 0 Å². The fraction of sp³-hybridized carbons (Fsp3) is 0.867. The van der Waals surface area contributed by atoms with Crippen LogP contribution in [-0.4, -0.2) is 55.3 Å². The van der Waals surface area contributed by atoms with Gasteiger partial charge in [-0.05, 0) is 19.8 Å². The predicted molar refractivity (Wildman–Crippen MR) is 85.2 cm³/mol. The summed E-state index contributed by atoms with van der Waals surface area (Å²) in [6.07, 6.45) is -5.42. The van der Waals surface area contributed by atoms with Crippen LogP contribution in [0.1, 0.15) is 45.4 Å². The van der Waals surface area contributed by atoms with E-state index in [-0.39, 0.29) is 12.8 Å². The molecule has 14 heteroatoms. The van der Waals surface area contributed by atoms with Crippen molar-refractivity contribution in [1.82, 2.24) is 0 Å². The highest BCUT2D eigenvalue weighted by molar-refractivity contribution is 7.86. The number of ether oxygens (including phenoxy) is 3. The van der Waals surface area contributed by atoms with Crippen LogP contribution >= 0.6 is 0 Å². The molecule has 0 aromatic rings. The number of carbonyl (C=O) groups excluding carboxylic acids is 2. The van der Waals surface area contributed by atoms with Gasteiger partial charge in [0.2, 0.25) is 0 Å². The van der Waals surface area contributed by atoms with Crippen molar-refractivity contribution in [2.45, 2.75) is 62.7 Å². The number of hydrogen-bond donors (Lipinski definition) is 1. The molecule has 0 aliphatic heterocycles. The summed E-state index contributed by atoms with van der Waals surface area (Å²) in [7, 11) is -5.94. The van der Waals surface area contributed by atoms with E-state index >= 15 is 0 Å². The number of alkyl halides is 5. The Bertz CT molecular complexity index is 687. The number of halogens is 5. The fourth-order valence-electron chi connectivity index (χ4n) is 2.62. The molecule has 0 aromatic carbocycles. The van der Waals surface area contributed by atoms with Gasteiger partial charge in [0.15, 0.2) is 0 Å². The lowest BCUT2D eigenvalue weighted by atomic mass is 9.89. The first-order valence-corrected chi connectivity index (χ1v) is 10.1. The maximum absolute atomic E-state index is 13.7. The van der Waals surface area contributed by atoms with Gasteiger partial charge in [-0.25, -0.2) is 4.79 Å². The zero-order valence-electron chi connectivity index (χ0n) is 15.3. The Hall–Kier alpha value is -1.54. The molecule has 0 bridgehead atoms. The summed E-state index contributed by atoms with van der Waals surface area (Å²) in [6.45, 7) is -1.14. The second-order valence-electron chi connectivity index (χ2n) is 6.30. The highest BCUT2D eigenvalue weighted by atomic mass is 32.2. The maximum atomic E-state index is 13.7. The third-order valence-corrected chi connectivity index (χ3v) is 5.13. The molecule has 170 valence electrons. The van der Waals surface area contributed by atoms with E-state index in [9.17, 15) is 40.0 Å². The van der Waals surface area contributed by atoms with Crippen LogP contribution in [-0.2, 0) is 33.9 Å². The molecule has 0 spiro atoms. The van der Waals surface area contributed by atoms with Gasteiger partial charge >= 0.3 is 39.3 Å². The molecule has 0 radical (unpaired) electrons. The summed E-state index contributed by atoms with van der Waals surface area (Å²) in [4.78, 5) is 24.2. The summed E-state index contributed by atoms with van der Waals surface area (Å²) >= 11 is 0. The molecule has 1 atom stereocenters. The Morgan fingerprint density at radius 1 is 1.07 bits per heavy atom. The van der Waals surface area contributed by atoms with Crippen molar-refractivity contribution < 1.29 is 58.7 Å². The van der Waals surface area contributed by atoms with Crippen molar-refractivity contribution in [2.24, 2.45) is 5.92 Å². The van der Waals surface area contributed by atoms with E-state index < -0.39 is 64.8 Å². The van der Waals surface area contributed by atoms with Crippen molar-refractivity contribution in [3.8, 4) is 0 Å². The van der Waals surface area contributed by atoms with E-state index in [1.54, 1.807) is 0 Å². The molecule has 1 N–H and O–H groups in total. The van der Waals surface area contributed by atoms with E-state index in [0.29, 0.717) is 12.8 Å². The van der Waals surface area contributed by atoms with Crippen LogP contribution in [0.4, 0.5) is 22.0 Å². The van der Waals surface area contributed by atoms with E-state index in [0.717, 1.165) is 13.3 Å². The Morgan fingerprint density at radius 2 is 1.62 bits per heavy atom. The molecule has 1 saturated carbocycles. The zero-order chi connectivity index (χ0) is 22.5. The quantitative estimate of drug-likeness (QED) is 0.244. The first-order valence-electron chi connectivity index (χ1n) is 8.63. The van der Waals surface area contributed by atoms with Crippen molar-refractivity contribution in [2.75, 3.05) is 13.2 Å². The van der Waals surface area contributed by atoms with Gasteiger partial charge in [0.1, 0.15) is 0 Å². The van der Waals surface area contributed by atoms with Gasteiger partial charge in [0, 0.05) is 0 Å². The summed E-state index contributed by atoms with van der Waals surface area (Å²) in [5, 5.41) is -4.85. The third-order valence-electron chi connectivity index (χ3n) is 4.18. The lowest BCUT2D eigenvalue weighted by molar-refractivity contribution is -0.357. The van der Waals surface area contributed by atoms with Gasteiger partial charge in [-0.15, -0.1) is 0 Å². The van der Waals surface area contributed by atoms with Gasteiger partial charge in [-0.1, -0.05) is 19.3 Å². The van der Waals surface area contributed by atoms with Gasteiger partial charge < -0.3 is 14.2 Å².